The Labute approximate surface area is 78.9 Å². The summed E-state index contributed by atoms with van der Waals surface area (Å²) in [5.41, 5.74) is 0. The van der Waals surface area contributed by atoms with Gasteiger partial charge in [0.25, 0.3) is 0 Å². The summed E-state index contributed by atoms with van der Waals surface area (Å²) in [4.78, 5) is 13.2. The van der Waals surface area contributed by atoms with Gasteiger partial charge < -0.3 is 15.3 Å². The monoisotopic (exact) mass is 186 g/mol. The van der Waals surface area contributed by atoms with Crippen molar-refractivity contribution >= 4 is 6.03 Å². The van der Waals surface area contributed by atoms with Crippen LogP contribution in [0.1, 0.15) is 19.8 Å². The number of rotatable bonds is 2. The summed E-state index contributed by atoms with van der Waals surface area (Å²) in [7, 11) is 0. The lowest BCUT2D eigenvalue weighted by Crippen LogP contribution is -2.46. The van der Waals surface area contributed by atoms with Crippen LogP contribution in [0.5, 0.6) is 0 Å². The molecule has 0 unspecified atom stereocenters. The first-order valence-electron chi connectivity index (χ1n) is 4.91. The summed E-state index contributed by atoms with van der Waals surface area (Å²) in [5, 5.41) is 11.7. The number of likely N-dealkylation sites (tertiary alicyclic amines) is 1. The van der Waals surface area contributed by atoms with Crippen molar-refractivity contribution in [2.45, 2.75) is 19.8 Å². The Kier molecular flexibility index (Phi) is 4.02. The Balaban J connectivity index is 2.37. The maximum absolute atomic E-state index is 11.4. The molecule has 4 heteroatoms. The van der Waals surface area contributed by atoms with Gasteiger partial charge in [0, 0.05) is 26.2 Å². The van der Waals surface area contributed by atoms with Crippen molar-refractivity contribution in [1.82, 2.24) is 10.2 Å². The van der Waals surface area contributed by atoms with Gasteiger partial charge in [-0.25, -0.2) is 4.79 Å². The predicted octanol–water partition coefficient (Wildman–Crippen LogP) is 0.420. The van der Waals surface area contributed by atoms with Crippen molar-refractivity contribution in [1.29, 1.82) is 0 Å². The quantitative estimate of drug-likeness (QED) is 0.656. The van der Waals surface area contributed by atoms with E-state index in [9.17, 15) is 4.79 Å². The third-order valence-corrected chi connectivity index (χ3v) is 2.39. The second-order valence-corrected chi connectivity index (χ2v) is 3.47. The van der Waals surface area contributed by atoms with Crippen LogP contribution in [0.15, 0.2) is 0 Å². The number of nitrogens with one attached hydrogen (secondary N) is 1. The number of hydrogen-bond acceptors (Lipinski definition) is 2. The number of carbonyl (C=O) groups excluding carboxylic acids is 1. The molecule has 0 spiro atoms. The summed E-state index contributed by atoms with van der Waals surface area (Å²) in [6, 6.07) is 0.000602. The third kappa shape index (κ3) is 2.88. The van der Waals surface area contributed by atoms with Gasteiger partial charge in [0.15, 0.2) is 0 Å². The van der Waals surface area contributed by atoms with E-state index in [4.69, 9.17) is 5.11 Å². The molecule has 0 radical (unpaired) electrons. The standard InChI is InChI=1S/C9H18N2O2/c1-2-10-9(13)11-5-3-4-8(6-11)7-12/h8,12H,2-7H2,1H3,(H,10,13)/t8-/m0/s1. The first-order valence-corrected chi connectivity index (χ1v) is 4.91. The Morgan fingerprint density at radius 2 is 2.46 bits per heavy atom. The van der Waals surface area contributed by atoms with E-state index >= 15 is 0 Å². The zero-order chi connectivity index (χ0) is 9.68. The van der Waals surface area contributed by atoms with Crippen LogP contribution >= 0.6 is 0 Å². The van der Waals surface area contributed by atoms with E-state index < -0.39 is 0 Å². The number of carbonyl (C=O) groups is 1. The van der Waals surface area contributed by atoms with Gasteiger partial charge in [-0.15, -0.1) is 0 Å². The van der Waals surface area contributed by atoms with Crippen LogP contribution in [0.25, 0.3) is 0 Å². The molecule has 2 amide bonds. The van der Waals surface area contributed by atoms with Crippen molar-refractivity contribution in [3.63, 3.8) is 0 Å². The zero-order valence-electron chi connectivity index (χ0n) is 8.12. The van der Waals surface area contributed by atoms with Crippen molar-refractivity contribution < 1.29 is 9.90 Å². The minimum absolute atomic E-state index is 0.000602. The molecule has 1 heterocycles. The first-order chi connectivity index (χ1) is 6.27. The van der Waals surface area contributed by atoms with Crippen LogP contribution in [0, 0.1) is 5.92 Å². The number of aliphatic hydroxyl groups is 1. The van der Waals surface area contributed by atoms with Gasteiger partial charge >= 0.3 is 6.03 Å². The average molecular weight is 186 g/mol. The molecule has 0 aromatic heterocycles. The summed E-state index contributed by atoms with van der Waals surface area (Å²) < 4.78 is 0. The SMILES string of the molecule is CCNC(=O)N1CCC[C@H](CO)C1. The van der Waals surface area contributed by atoms with E-state index in [1.165, 1.54) is 0 Å². The number of piperidine rings is 1. The lowest BCUT2D eigenvalue weighted by Gasteiger charge is -2.31. The second kappa shape index (κ2) is 5.07. The van der Waals surface area contributed by atoms with E-state index in [0.717, 1.165) is 19.4 Å². The van der Waals surface area contributed by atoms with Gasteiger partial charge in [-0.2, -0.15) is 0 Å². The van der Waals surface area contributed by atoms with Gasteiger partial charge in [-0.05, 0) is 25.7 Å². The Bertz CT molecular complexity index is 173. The topological polar surface area (TPSA) is 52.6 Å². The van der Waals surface area contributed by atoms with Crippen LogP contribution < -0.4 is 5.32 Å². The highest BCUT2D eigenvalue weighted by Gasteiger charge is 2.22. The van der Waals surface area contributed by atoms with Crippen LogP contribution in [0.3, 0.4) is 0 Å². The second-order valence-electron chi connectivity index (χ2n) is 3.47. The lowest BCUT2D eigenvalue weighted by atomic mass is 9.99. The molecule has 2 N–H and O–H groups in total. The molecule has 1 aliphatic heterocycles. The van der Waals surface area contributed by atoms with Crippen molar-refractivity contribution in [3.8, 4) is 0 Å². The molecular formula is C9H18N2O2. The van der Waals surface area contributed by atoms with Crippen molar-refractivity contribution in [3.05, 3.63) is 0 Å². The third-order valence-electron chi connectivity index (χ3n) is 2.39. The average Bonchev–Trinajstić information content (AvgIpc) is 2.18. The molecule has 0 bridgehead atoms. The minimum Gasteiger partial charge on any atom is -0.396 e. The number of nitrogens with zero attached hydrogens (tertiary/aromatic N) is 1. The molecule has 13 heavy (non-hydrogen) atoms. The van der Waals surface area contributed by atoms with Gasteiger partial charge in [0.2, 0.25) is 0 Å². The van der Waals surface area contributed by atoms with E-state index in [-0.39, 0.29) is 18.6 Å². The Morgan fingerprint density at radius 1 is 1.69 bits per heavy atom. The number of aliphatic hydroxyl groups excluding tert-OH is 1. The maximum Gasteiger partial charge on any atom is 0.317 e. The highest BCUT2D eigenvalue weighted by Crippen LogP contribution is 2.15. The fourth-order valence-corrected chi connectivity index (χ4v) is 1.66. The van der Waals surface area contributed by atoms with Gasteiger partial charge in [-0.1, -0.05) is 0 Å². The summed E-state index contributed by atoms with van der Waals surface area (Å²) in [5.74, 6) is 0.274. The van der Waals surface area contributed by atoms with Crippen molar-refractivity contribution in [2.75, 3.05) is 26.2 Å². The molecular weight excluding hydrogens is 168 g/mol. The Morgan fingerprint density at radius 3 is 3.08 bits per heavy atom. The highest BCUT2D eigenvalue weighted by atomic mass is 16.3. The number of amides is 2. The van der Waals surface area contributed by atoms with Crippen LogP contribution in [0.4, 0.5) is 4.79 Å². The van der Waals surface area contributed by atoms with Gasteiger partial charge in [0.1, 0.15) is 0 Å². The highest BCUT2D eigenvalue weighted by molar-refractivity contribution is 5.74. The maximum atomic E-state index is 11.4. The van der Waals surface area contributed by atoms with Crippen LogP contribution in [-0.2, 0) is 0 Å². The lowest BCUT2D eigenvalue weighted by molar-refractivity contribution is 0.130. The molecule has 1 rings (SSSR count). The summed E-state index contributed by atoms with van der Waals surface area (Å²) >= 11 is 0. The van der Waals surface area contributed by atoms with Gasteiger partial charge in [0.05, 0.1) is 0 Å². The predicted molar refractivity (Wildman–Crippen MR) is 50.5 cm³/mol. The number of hydrogen-bond donors (Lipinski definition) is 2. The zero-order valence-corrected chi connectivity index (χ0v) is 8.12. The molecule has 4 nitrogen and oxygen atoms in total. The first kappa shape index (κ1) is 10.3. The van der Waals surface area contributed by atoms with E-state index in [2.05, 4.69) is 5.32 Å². The summed E-state index contributed by atoms with van der Waals surface area (Å²) in [6.45, 7) is 4.28. The Hall–Kier alpha value is -0.770. The summed E-state index contributed by atoms with van der Waals surface area (Å²) in [6.07, 6.45) is 2.04. The van der Waals surface area contributed by atoms with E-state index in [1.54, 1.807) is 4.90 Å². The fraction of sp³-hybridized carbons (Fsp3) is 0.889. The fourth-order valence-electron chi connectivity index (χ4n) is 1.66. The molecule has 1 aliphatic rings. The molecule has 0 saturated carbocycles. The molecule has 1 saturated heterocycles. The van der Waals surface area contributed by atoms with Gasteiger partial charge in [-0.3, -0.25) is 0 Å². The van der Waals surface area contributed by atoms with Crippen LogP contribution in [0.2, 0.25) is 0 Å². The number of urea groups is 1. The molecule has 0 aromatic carbocycles. The normalized spacial score (nSPS) is 22.9. The molecule has 0 aromatic rings. The van der Waals surface area contributed by atoms with Crippen molar-refractivity contribution in [2.24, 2.45) is 5.92 Å². The molecule has 1 fully saturated rings. The molecule has 76 valence electrons. The smallest absolute Gasteiger partial charge is 0.317 e. The van der Waals surface area contributed by atoms with Crippen LogP contribution in [-0.4, -0.2) is 42.3 Å². The minimum atomic E-state index is 0.000602. The largest absolute Gasteiger partial charge is 0.396 e. The van der Waals surface area contributed by atoms with E-state index in [1.807, 2.05) is 6.92 Å². The molecule has 1 atom stereocenters. The molecule has 0 aliphatic carbocycles. The van der Waals surface area contributed by atoms with E-state index in [0.29, 0.717) is 13.1 Å².